The van der Waals surface area contributed by atoms with E-state index in [1.54, 1.807) is 12.0 Å². The third-order valence-electron chi connectivity index (χ3n) is 5.19. The maximum atomic E-state index is 12.6. The number of benzene rings is 2. The SMILES string of the molecule is COc1ccccc1-c1ccccc1[C@@H]1[C@@H](C#N)N(C(=O)CN(C)C)[C@H]1CO. The summed E-state index contributed by atoms with van der Waals surface area (Å²) >= 11 is 0. The average molecular weight is 379 g/mol. The molecule has 0 spiro atoms. The van der Waals surface area contributed by atoms with Crippen LogP contribution in [-0.2, 0) is 4.79 Å². The summed E-state index contributed by atoms with van der Waals surface area (Å²) in [5.74, 6) is 0.327. The molecule has 1 saturated heterocycles. The topological polar surface area (TPSA) is 76.8 Å². The molecule has 0 unspecified atom stereocenters. The van der Waals surface area contributed by atoms with Crippen molar-refractivity contribution in [2.45, 2.75) is 18.0 Å². The Balaban J connectivity index is 2.02. The summed E-state index contributed by atoms with van der Waals surface area (Å²) in [5, 5.41) is 19.8. The Kier molecular flexibility index (Phi) is 5.98. The Morgan fingerprint density at radius 2 is 1.82 bits per heavy atom. The van der Waals surface area contributed by atoms with Crippen molar-refractivity contribution in [2.75, 3.05) is 34.4 Å². The van der Waals surface area contributed by atoms with E-state index >= 15 is 0 Å². The second kappa shape index (κ2) is 8.42. The number of hydrogen-bond acceptors (Lipinski definition) is 5. The van der Waals surface area contributed by atoms with Crippen LogP contribution in [0, 0.1) is 11.3 Å². The van der Waals surface area contributed by atoms with Gasteiger partial charge in [-0.15, -0.1) is 0 Å². The molecule has 1 aliphatic heterocycles. The summed E-state index contributed by atoms with van der Waals surface area (Å²) in [7, 11) is 5.24. The number of nitriles is 1. The van der Waals surface area contributed by atoms with E-state index in [0.717, 1.165) is 22.4 Å². The first-order chi connectivity index (χ1) is 13.5. The number of likely N-dealkylation sites (tertiary alicyclic amines) is 1. The van der Waals surface area contributed by atoms with E-state index in [2.05, 4.69) is 6.07 Å². The van der Waals surface area contributed by atoms with Gasteiger partial charge in [0.2, 0.25) is 5.91 Å². The van der Waals surface area contributed by atoms with Crippen molar-refractivity contribution in [3.05, 3.63) is 54.1 Å². The number of para-hydroxylation sites is 1. The number of hydrogen-bond donors (Lipinski definition) is 1. The van der Waals surface area contributed by atoms with Gasteiger partial charge in [-0.2, -0.15) is 5.26 Å². The van der Waals surface area contributed by atoms with Crippen LogP contribution in [0.1, 0.15) is 11.5 Å². The number of aliphatic hydroxyl groups is 1. The van der Waals surface area contributed by atoms with E-state index in [0.29, 0.717) is 0 Å². The van der Waals surface area contributed by atoms with Gasteiger partial charge in [-0.05, 0) is 31.3 Å². The highest BCUT2D eigenvalue weighted by molar-refractivity contribution is 5.82. The van der Waals surface area contributed by atoms with Crippen LogP contribution in [-0.4, -0.2) is 67.3 Å². The van der Waals surface area contributed by atoms with Gasteiger partial charge in [0.15, 0.2) is 0 Å². The molecule has 0 aliphatic carbocycles. The molecular formula is C22H25N3O3. The van der Waals surface area contributed by atoms with Crippen LogP contribution in [0.5, 0.6) is 5.75 Å². The van der Waals surface area contributed by atoms with Gasteiger partial charge in [-0.1, -0.05) is 42.5 Å². The van der Waals surface area contributed by atoms with E-state index in [1.165, 1.54) is 4.90 Å². The Morgan fingerprint density at radius 1 is 1.18 bits per heavy atom. The number of likely N-dealkylation sites (N-methyl/N-ethyl adjacent to an activating group) is 1. The largest absolute Gasteiger partial charge is 0.496 e. The highest BCUT2D eigenvalue weighted by Gasteiger charge is 2.52. The lowest BCUT2D eigenvalue weighted by Gasteiger charge is -2.52. The van der Waals surface area contributed by atoms with E-state index in [9.17, 15) is 15.2 Å². The molecule has 6 nitrogen and oxygen atoms in total. The summed E-state index contributed by atoms with van der Waals surface area (Å²) in [4.78, 5) is 15.9. The van der Waals surface area contributed by atoms with Crippen molar-refractivity contribution in [3.63, 3.8) is 0 Å². The monoisotopic (exact) mass is 379 g/mol. The van der Waals surface area contributed by atoms with E-state index in [4.69, 9.17) is 4.74 Å². The van der Waals surface area contributed by atoms with Crippen molar-refractivity contribution >= 4 is 5.91 Å². The van der Waals surface area contributed by atoms with Gasteiger partial charge in [0.1, 0.15) is 11.8 Å². The minimum atomic E-state index is -0.611. The summed E-state index contributed by atoms with van der Waals surface area (Å²) in [6.45, 7) is 0.0117. The first-order valence-corrected chi connectivity index (χ1v) is 9.22. The fraction of sp³-hybridized carbons (Fsp3) is 0.364. The van der Waals surface area contributed by atoms with Gasteiger partial charge in [0.05, 0.1) is 32.4 Å². The van der Waals surface area contributed by atoms with Crippen LogP contribution in [0.2, 0.25) is 0 Å². The van der Waals surface area contributed by atoms with Crippen LogP contribution < -0.4 is 4.74 Å². The summed E-state index contributed by atoms with van der Waals surface area (Å²) in [6.07, 6.45) is 0. The van der Waals surface area contributed by atoms with Gasteiger partial charge in [0.25, 0.3) is 0 Å². The zero-order valence-corrected chi connectivity index (χ0v) is 16.4. The smallest absolute Gasteiger partial charge is 0.238 e. The normalized spacial score (nSPS) is 21.1. The molecule has 1 aliphatic rings. The standard InChI is InChI=1S/C22H25N3O3/c1-24(2)13-21(27)25-18(12-23)22(19(25)14-26)17-10-5-4-8-15(17)16-9-6-7-11-20(16)28-3/h4-11,18-19,22,26H,13-14H2,1-3H3/t18-,19+,22-/m1/s1. The van der Waals surface area contributed by atoms with Crippen LogP contribution in [0.3, 0.4) is 0 Å². The molecule has 0 radical (unpaired) electrons. The number of nitrogens with zero attached hydrogens (tertiary/aromatic N) is 3. The van der Waals surface area contributed by atoms with Gasteiger partial charge >= 0.3 is 0 Å². The molecule has 0 bridgehead atoms. The minimum Gasteiger partial charge on any atom is -0.496 e. The molecule has 2 aromatic rings. The number of aliphatic hydroxyl groups excluding tert-OH is 1. The van der Waals surface area contributed by atoms with Crippen molar-refractivity contribution in [2.24, 2.45) is 0 Å². The Hall–Kier alpha value is -2.88. The van der Waals surface area contributed by atoms with Gasteiger partial charge in [-0.25, -0.2) is 0 Å². The number of methoxy groups -OCH3 is 1. The summed E-state index contributed by atoms with van der Waals surface area (Å²) < 4.78 is 5.51. The molecule has 1 heterocycles. The fourth-order valence-corrected chi connectivity index (χ4v) is 3.98. The van der Waals surface area contributed by atoms with Crippen molar-refractivity contribution in [3.8, 4) is 22.9 Å². The Labute approximate surface area is 165 Å². The third kappa shape index (κ3) is 3.47. The van der Waals surface area contributed by atoms with Gasteiger partial charge < -0.3 is 19.6 Å². The summed E-state index contributed by atoms with van der Waals surface area (Å²) in [5.41, 5.74) is 2.81. The van der Waals surface area contributed by atoms with Crippen LogP contribution in [0.4, 0.5) is 0 Å². The van der Waals surface area contributed by atoms with Gasteiger partial charge in [0, 0.05) is 11.5 Å². The number of carbonyl (C=O) groups is 1. The summed E-state index contributed by atoms with van der Waals surface area (Å²) in [6, 6.07) is 16.8. The fourth-order valence-electron chi connectivity index (χ4n) is 3.98. The first kappa shape index (κ1) is 19.9. The molecule has 0 aromatic heterocycles. The average Bonchev–Trinajstić information content (AvgIpc) is 2.67. The highest BCUT2D eigenvalue weighted by Crippen LogP contribution is 2.45. The minimum absolute atomic E-state index is 0.151. The zero-order valence-electron chi connectivity index (χ0n) is 16.4. The lowest BCUT2D eigenvalue weighted by Crippen LogP contribution is -2.66. The maximum Gasteiger partial charge on any atom is 0.238 e. The quantitative estimate of drug-likeness (QED) is 0.832. The molecule has 6 heteroatoms. The van der Waals surface area contributed by atoms with E-state index < -0.39 is 12.1 Å². The van der Waals surface area contributed by atoms with E-state index in [-0.39, 0.29) is 25.0 Å². The van der Waals surface area contributed by atoms with Crippen molar-refractivity contribution in [1.29, 1.82) is 5.26 Å². The van der Waals surface area contributed by atoms with Gasteiger partial charge in [-0.3, -0.25) is 4.79 Å². The van der Waals surface area contributed by atoms with Crippen molar-refractivity contribution in [1.82, 2.24) is 9.80 Å². The number of amides is 1. The number of ether oxygens (including phenoxy) is 1. The molecule has 1 fully saturated rings. The molecular weight excluding hydrogens is 354 g/mol. The predicted octanol–water partition coefficient (Wildman–Crippen LogP) is 2.10. The molecule has 1 amide bonds. The van der Waals surface area contributed by atoms with Crippen LogP contribution in [0.15, 0.2) is 48.5 Å². The highest BCUT2D eigenvalue weighted by atomic mass is 16.5. The molecule has 0 saturated carbocycles. The van der Waals surface area contributed by atoms with Crippen molar-refractivity contribution < 1.29 is 14.6 Å². The molecule has 3 atom stereocenters. The second-order valence-corrected chi connectivity index (χ2v) is 7.18. The van der Waals surface area contributed by atoms with E-state index in [1.807, 2.05) is 62.6 Å². The maximum absolute atomic E-state index is 12.6. The Bertz CT molecular complexity index is 891. The third-order valence-corrected chi connectivity index (χ3v) is 5.19. The lowest BCUT2D eigenvalue weighted by atomic mass is 9.73. The molecule has 28 heavy (non-hydrogen) atoms. The lowest BCUT2D eigenvalue weighted by molar-refractivity contribution is -0.147. The molecule has 2 aromatic carbocycles. The number of rotatable bonds is 6. The van der Waals surface area contributed by atoms with Crippen LogP contribution >= 0.6 is 0 Å². The molecule has 146 valence electrons. The Morgan fingerprint density at radius 3 is 2.43 bits per heavy atom. The zero-order chi connectivity index (χ0) is 20.3. The molecule has 1 N–H and O–H groups in total. The second-order valence-electron chi connectivity index (χ2n) is 7.18. The number of carbonyl (C=O) groups excluding carboxylic acids is 1. The first-order valence-electron chi connectivity index (χ1n) is 9.22. The predicted molar refractivity (Wildman–Crippen MR) is 107 cm³/mol. The molecule has 3 rings (SSSR count). The van der Waals surface area contributed by atoms with Crippen LogP contribution in [0.25, 0.3) is 11.1 Å².